The zero-order valence-corrected chi connectivity index (χ0v) is 15.2. The summed E-state index contributed by atoms with van der Waals surface area (Å²) < 4.78 is 11.5. The van der Waals surface area contributed by atoms with Crippen molar-refractivity contribution in [1.29, 1.82) is 0 Å². The van der Waals surface area contributed by atoms with Gasteiger partial charge in [0.1, 0.15) is 5.75 Å². The second-order valence-electron chi connectivity index (χ2n) is 7.98. The van der Waals surface area contributed by atoms with Crippen LogP contribution in [0.3, 0.4) is 0 Å². The molecule has 0 aromatic heterocycles. The normalized spacial score (nSPS) is 12.5. The Bertz CT molecular complexity index is 413. The van der Waals surface area contributed by atoms with Crippen molar-refractivity contribution in [3.8, 4) is 5.75 Å². The first kappa shape index (κ1) is 19.0. The number of nitrogens with one attached hydrogen (secondary N) is 1. The number of ether oxygens (including phenoxy) is 2. The lowest BCUT2D eigenvalue weighted by Gasteiger charge is -2.19. The summed E-state index contributed by atoms with van der Waals surface area (Å²) in [5.41, 5.74) is 1.43. The average Bonchev–Trinajstić information content (AvgIpc) is 2.39. The van der Waals surface area contributed by atoms with Crippen LogP contribution in [0.2, 0.25) is 0 Å². The van der Waals surface area contributed by atoms with Gasteiger partial charge in [-0.1, -0.05) is 32.9 Å². The van der Waals surface area contributed by atoms with Gasteiger partial charge in [0.2, 0.25) is 0 Å². The maximum Gasteiger partial charge on any atom is 0.119 e. The van der Waals surface area contributed by atoms with Gasteiger partial charge < -0.3 is 14.8 Å². The average molecular weight is 307 g/mol. The van der Waals surface area contributed by atoms with Gasteiger partial charge in [0.25, 0.3) is 0 Å². The van der Waals surface area contributed by atoms with Crippen LogP contribution in [0, 0.1) is 5.41 Å². The third-order valence-corrected chi connectivity index (χ3v) is 2.96. The van der Waals surface area contributed by atoms with Crippen LogP contribution in [0.5, 0.6) is 5.75 Å². The molecule has 0 atom stereocenters. The summed E-state index contributed by atoms with van der Waals surface area (Å²) in [6.07, 6.45) is 1.03. The Hall–Kier alpha value is -1.06. The quantitative estimate of drug-likeness (QED) is 0.722. The third-order valence-electron chi connectivity index (χ3n) is 2.96. The Kier molecular flexibility index (Phi) is 7.37. The van der Waals surface area contributed by atoms with E-state index < -0.39 is 0 Å². The van der Waals surface area contributed by atoms with Crippen LogP contribution in [0.25, 0.3) is 0 Å². The second-order valence-corrected chi connectivity index (χ2v) is 7.98. The van der Waals surface area contributed by atoms with Gasteiger partial charge in [-0.2, -0.15) is 0 Å². The monoisotopic (exact) mass is 307 g/mol. The first-order valence-corrected chi connectivity index (χ1v) is 8.22. The van der Waals surface area contributed by atoms with E-state index in [0.717, 1.165) is 38.5 Å². The van der Waals surface area contributed by atoms with Gasteiger partial charge in [0.15, 0.2) is 0 Å². The van der Waals surface area contributed by atoms with Gasteiger partial charge in [0, 0.05) is 13.2 Å². The van der Waals surface area contributed by atoms with Crippen LogP contribution < -0.4 is 10.1 Å². The molecule has 1 N–H and O–H groups in total. The molecule has 0 fully saturated rings. The molecule has 0 saturated carbocycles. The lowest BCUT2D eigenvalue weighted by molar-refractivity contribution is -0.00379. The number of benzene rings is 1. The largest absolute Gasteiger partial charge is 0.493 e. The van der Waals surface area contributed by atoms with Crippen LogP contribution in [0.4, 0.5) is 0 Å². The summed E-state index contributed by atoms with van der Waals surface area (Å²) in [6, 6.07) is 8.34. The van der Waals surface area contributed by atoms with Crippen molar-refractivity contribution in [2.45, 2.75) is 60.1 Å². The first-order chi connectivity index (χ1) is 10.2. The van der Waals surface area contributed by atoms with Gasteiger partial charge in [-0.3, -0.25) is 0 Å². The van der Waals surface area contributed by atoms with E-state index in [1.165, 1.54) is 5.56 Å². The molecule has 0 heterocycles. The topological polar surface area (TPSA) is 30.5 Å². The van der Waals surface area contributed by atoms with Crippen LogP contribution in [-0.2, 0) is 11.3 Å². The van der Waals surface area contributed by atoms with Gasteiger partial charge >= 0.3 is 0 Å². The SMILES string of the molecule is CC(C)(C)COc1ccc(CNCCCOC(C)(C)C)cc1. The minimum Gasteiger partial charge on any atom is -0.493 e. The van der Waals surface area contributed by atoms with Crippen LogP contribution in [0.15, 0.2) is 24.3 Å². The molecule has 0 aliphatic rings. The van der Waals surface area contributed by atoms with E-state index in [1.54, 1.807) is 0 Å². The smallest absolute Gasteiger partial charge is 0.119 e. The lowest BCUT2D eigenvalue weighted by Crippen LogP contribution is -2.22. The van der Waals surface area contributed by atoms with Crippen LogP contribution >= 0.6 is 0 Å². The molecule has 0 saturated heterocycles. The summed E-state index contributed by atoms with van der Waals surface area (Å²) in [6.45, 7) is 16.2. The van der Waals surface area contributed by atoms with Crippen molar-refractivity contribution in [2.75, 3.05) is 19.8 Å². The van der Waals surface area contributed by atoms with Crippen molar-refractivity contribution in [1.82, 2.24) is 5.32 Å². The minimum atomic E-state index is -0.0388. The number of hydrogen-bond donors (Lipinski definition) is 1. The summed E-state index contributed by atoms with van der Waals surface area (Å²) >= 11 is 0. The Morgan fingerprint density at radius 2 is 1.59 bits per heavy atom. The zero-order chi connectivity index (χ0) is 16.6. The van der Waals surface area contributed by atoms with Crippen LogP contribution in [-0.4, -0.2) is 25.4 Å². The van der Waals surface area contributed by atoms with E-state index in [9.17, 15) is 0 Å². The third kappa shape index (κ3) is 9.80. The molecule has 0 aliphatic heterocycles. The lowest BCUT2D eigenvalue weighted by atomic mass is 9.99. The number of rotatable bonds is 8. The van der Waals surface area contributed by atoms with Gasteiger partial charge in [0.05, 0.1) is 12.2 Å². The zero-order valence-electron chi connectivity index (χ0n) is 15.2. The van der Waals surface area contributed by atoms with Gasteiger partial charge in [-0.05, 0) is 56.8 Å². The molecule has 22 heavy (non-hydrogen) atoms. The first-order valence-electron chi connectivity index (χ1n) is 8.22. The van der Waals surface area contributed by atoms with Crippen molar-refractivity contribution in [3.63, 3.8) is 0 Å². The van der Waals surface area contributed by atoms with Crippen molar-refractivity contribution in [2.24, 2.45) is 5.41 Å². The van der Waals surface area contributed by atoms with Gasteiger partial charge in [-0.25, -0.2) is 0 Å². The Morgan fingerprint density at radius 3 is 2.14 bits per heavy atom. The highest BCUT2D eigenvalue weighted by atomic mass is 16.5. The van der Waals surface area contributed by atoms with E-state index in [0.29, 0.717) is 0 Å². The summed E-state index contributed by atoms with van der Waals surface area (Å²) in [5.74, 6) is 0.942. The molecule has 3 nitrogen and oxygen atoms in total. The van der Waals surface area contributed by atoms with E-state index in [4.69, 9.17) is 9.47 Å². The molecule has 1 rings (SSSR count). The highest BCUT2D eigenvalue weighted by Crippen LogP contribution is 2.18. The molecule has 0 amide bonds. The predicted octanol–water partition coefficient (Wildman–Crippen LogP) is 4.41. The maximum atomic E-state index is 5.78. The predicted molar refractivity (Wildman–Crippen MR) is 93.4 cm³/mol. The summed E-state index contributed by atoms with van der Waals surface area (Å²) in [5, 5.41) is 3.44. The Morgan fingerprint density at radius 1 is 0.955 bits per heavy atom. The second kappa shape index (κ2) is 8.54. The molecule has 0 radical (unpaired) electrons. The van der Waals surface area contributed by atoms with Gasteiger partial charge in [-0.15, -0.1) is 0 Å². The van der Waals surface area contributed by atoms with E-state index in [1.807, 2.05) is 12.1 Å². The molecule has 126 valence electrons. The molecular formula is C19H33NO2. The number of hydrogen-bond acceptors (Lipinski definition) is 3. The molecule has 1 aromatic rings. The fourth-order valence-corrected chi connectivity index (χ4v) is 1.81. The molecule has 0 bridgehead atoms. The molecule has 0 unspecified atom stereocenters. The maximum absolute atomic E-state index is 5.78. The molecular weight excluding hydrogens is 274 g/mol. The minimum absolute atomic E-state index is 0.0388. The standard InChI is InChI=1S/C19H33NO2/c1-18(2,3)15-21-17-10-8-16(9-11-17)14-20-12-7-13-22-19(4,5)6/h8-11,20H,7,12-15H2,1-6H3. The summed E-state index contributed by atoms with van der Waals surface area (Å²) in [4.78, 5) is 0. The highest BCUT2D eigenvalue weighted by Gasteiger charge is 2.11. The van der Waals surface area contributed by atoms with Crippen molar-refractivity contribution in [3.05, 3.63) is 29.8 Å². The Labute approximate surface area is 136 Å². The fourth-order valence-electron chi connectivity index (χ4n) is 1.81. The van der Waals surface area contributed by atoms with Crippen LogP contribution in [0.1, 0.15) is 53.5 Å². The van der Waals surface area contributed by atoms with E-state index >= 15 is 0 Å². The van der Waals surface area contributed by atoms with Crippen molar-refractivity contribution >= 4 is 0 Å². The Balaban J connectivity index is 2.19. The van der Waals surface area contributed by atoms with E-state index in [2.05, 4.69) is 59.0 Å². The summed E-state index contributed by atoms with van der Waals surface area (Å²) in [7, 11) is 0. The molecule has 0 spiro atoms. The molecule has 3 heteroatoms. The highest BCUT2D eigenvalue weighted by molar-refractivity contribution is 5.27. The fraction of sp³-hybridized carbons (Fsp3) is 0.684. The van der Waals surface area contributed by atoms with Crippen molar-refractivity contribution < 1.29 is 9.47 Å². The molecule has 0 aliphatic carbocycles. The molecule has 1 aromatic carbocycles. The van der Waals surface area contributed by atoms with E-state index in [-0.39, 0.29) is 11.0 Å².